The smallest absolute Gasteiger partial charge is 0.237 e. The summed E-state index contributed by atoms with van der Waals surface area (Å²) >= 11 is 5.85. The van der Waals surface area contributed by atoms with Gasteiger partial charge in [-0.1, -0.05) is 30.7 Å². The highest BCUT2D eigenvalue weighted by molar-refractivity contribution is 6.30. The van der Waals surface area contributed by atoms with Crippen LogP contribution in [0.5, 0.6) is 0 Å². The van der Waals surface area contributed by atoms with Crippen molar-refractivity contribution in [1.29, 1.82) is 0 Å². The molecule has 1 aromatic carbocycles. The summed E-state index contributed by atoms with van der Waals surface area (Å²) in [6.07, 6.45) is 2.16. The third-order valence-electron chi connectivity index (χ3n) is 4.41. The molecule has 1 aromatic rings. The van der Waals surface area contributed by atoms with Crippen LogP contribution in [0.25, 0.3) is 0 Å². The van der Waals surface area contributed by atoms with Gasteiger partial charge >= 0.3 is 0 Å². The van der Waals surface area contributed by atoms with Crippen LogP contribution in [0.15, 0.2) is 24.3 Å². The summed E-state index contributed by atoms with van der Waals surface area (Å²) in [5.74, 6) is 0.175. The van der Waals surface area contributed by atoms with Crippen LogP contribution >= 0.6 is 11.6 Å². The number of carbonyl (C=O) groups is 2. The number of hydrogen-bond acceptors (Lipinski definition) is 2. The Morgan fingerprint density at radius 3 is 2.57 bits per heavy atom. The zero-order chi connectivity index (χ0) is 17.0. The van der Waals surface area contributed by atoms with E-state index >= 15 is 0 Å². The molecule has 126 valence electrons. The Balaban J connectivity index is 1.95. The van der Waals surface area contributed by atoms with E-state index in [2.05, 4.69) is 12.2 Å². The van der Waals surface area contributed by atoms with Crippen molar-refractivity contribution in [2.24, 2.45) is 11.3 Å². The van der Waals surface area contributed by atoms with Crippen molar-refractivity contribution in [2.75, 3.05) is 13.1 Å². The van der Waals surface area contributed by atoms with Gasteiger partial charge in [-0.25, -0.2) is 0 Å². The predicted molar refractivity (Wildman–Crippen MR) is 92.1 cm³/mol. The Kier molecular flexibility index (Phi) is 5.69. The van der Waals surface area contributed by atoms with Gasteiger partial charge in [0, 0.05) is 24.7 Å². The minimum Gasteiger partial charge on any atom is -0.351 e. The molecule has 0 bridgehead atoms. The first-order valence-corrected chi connectivity index (χ1v) is 8.50. The number of nitrogens with one attached hydrogen (secondary N) is 1. The molecule has 0 aromatic heterocycles. The summed E-state index contributed by atoms with van der Waals surface area (Å²) in [5, 5.41) is 3.52. The lowest BCUT2D eigenvalue weighted by Gasteiger charge is -2.36. The lowest BCUT2D eigenvalue weighted by Crippen LogP contribution is -2.51. The Morgan fingerprint density at radius 1 is 1.30 bits per heavy atom. The Bertz CT molecular complexity index is 569. The van der Waals surface area contributed by atoms with Crippen LogP contribution in [-0.2, 0) is 16.1 Å². The molecule has 5 heteroatoms. The van der Waals surface area contributed by atoms with Crippen molar-refractivity contribution in [3.63, 3.8) is 0 Å². The highest BCUT2D eigenvalue weighted by Gasteiger charge is 2.39. The Hall–Kier alpha value is -1.55. The van der Waals surface area contributed by atoms with Gasteiger partial charge in [0.05, 0.1) is 0 Å². The molecule has 4 nitrogen and oxygen atoms in total. The van der Waals surface area contributed by atoms with E-state index in [1.165, 1.54) is 0 Å². The van der Waals surface area contributed by atoms with Gasteiger partial charge in [0.1, 0.15) is 5.41 Å². The fraction of sp³-hybridized carbons (Fsp3) is 0.556. The lowest BCUT2D eigenvalue weighted by atomic mass is 9.88. The third kappa shape index (κ3) is 4.47. The highest BCUT2D eigenvalue weighted by atomic mass is 35.5. The molecular weight excluding hydrogens is 312 g/mol. The van der Waals surface area contributed by atoms with Gasteiger partial charge in [0.15, 0.2) is 0 Å². The number of benzene rings is 1. The van der Waals surface area contributed by atoms with Crippen LogP contribution in [0.2, 0.25) is 5.02 Å². The first-order chi connectivity index (χ1) is 10.8. The summed E-state index contributed by atoms with van der Waals surface area (Å²) in [6, 6.07) is 7.30. The zero-order valence-electron chi connectivity index (χ0n) is 14.1. The summed E-state index contributed by atoms with van der Waals surface area (Å²) < 4.78 is 0. The van der Waals surface area contributed by atoms with E-state index in [1.807, 2.05) is 17.0 Å². The van der Waals surface area contributed by atoms with Gasteiger partial charge in [-0.3, -0.25) is 9.59 Å². The molecule has 0 saturated carbocycles. The number of nitrogens with zero attached hydrogens (tertiary/aromatic N) is 1. The van der Waals surface area contributed by atoms with Gasteiger partial charge < -0.3 is 10.2 Å². The second-order valence-corrected chi connectivity index (χ2v) is 7.37. The summed E-state index contributed by atoms with van der Waals surface area (Å²) in [7, 11) is 0. The van der Waals surface area contributed by atoms with Gasteiger partial charge in [-0.05, 0) is 50.3 Å². The first-order valence-electron chi connectivity index (χ1n) is 8.13. The molecule has 1 saturated heterocycles. The molecule has 1 atom stereocenters. The van der Waals surface area contributed by atoms with E-state index in [0.29, 0.717) is 17.5 Å². The molecule has 1 aliphatic rings. The average Bonchev–Trinajstić information content (AvgIpc) is 2.53. The molecule has 2 rings (SSSR count). The van der Waals surface area contributed by atoms with Crippen LogP contribution in [0.4, 0.5) is 0 Å². The molecule has 1 unspecified atom stereocenters. The number of likely N-dealkylation sites (tertiary alicyclic amines) is 1. The number of carbonyl (C=O) groups excluding carboxylic acids is 2. The van der Waals surface area contributed by atoms with Crippen LogP contribution in [0.3, 0.4) is 0 Å². The fourth-order valence-electron chi connectivity index (χ4n) is 2.87. The van der Waals surface area contributed by atoms with E-state index in [1.54, 1.807) is 26.0 Å². The van der Waals surface area contributed by atoms with E-state index in [0.717, 1.165) is 31.5 Å². The van der Waals surface area contributed by atoms with Crippen molar-refractivity contribution in [1.82, 2.24) is 10.2 Å². The predicted octanol–water partition coefficient (Wildman–Crippen LogP) is 3.24. The molecule has 1 fully saturated rings. The van der Waals surface area contributed by atoms with E-state index in [-0.39, 0.29) is 11.8 Å². The fourth-order valence-corrected chi connectivity index (χ4v) is 3.00. The molecule has 1 aliphatic heterocycles. The van der Waals surface area contributed by atoms with Gasteiger partial charge in [-0.15, -0.1) is 0 Å². The molecule has 1 N–H and O–H groups in total. The second-order valence-electron chi connectivity index (χ2n) is 6.93. The van der Waals surface area contributed by atoms with E-state index < -0.39 is 5.41 Å². The quantitative estimate of drug-likeness (QED) is 0.858. The van der Waals surface area contributed by atoms with Crippen LogP contribution in [-0.4, -0.2) is 29.8 Å². The Morgan fingerprint density at radius 2 is 1.96 bits per heavy atom. The van der Waals surface area contributed by atoms with Crippen LogP contribution in [0, 0.1) is 11.3 Å². The maximum atomic E-state index is 12.7. The maximum Gasteiger partial charge on any atom is 0.237 e. The minimum atomic E-state index is -1.05. The molecule has 2 amide bonds. The van der Waals surface area contributed by atoms with Crippen LogP contribution in [0.1, 0.15) is 39.2 Å². The third-order valence-corrected chi connectivity index (χ3v) is 4.66. The average molecular weight is 337 g/mol. The molecular formula is C18H25ClN2O2. The number of amides is 2. The van der Waals surface area contributed by atoms with Crippen molar-refractivity contribution >= 4 is 23.4 Å². The normalized spacial score (nSPS) is 18.6. The monoisotopic (exact) mass is 336 g/mol. The highest BCUT2D eigenvalue weighted by Crippen LogP contribution is 2.24. The van der Waals surface area contributed by atoms with E-state index in [9.17, 15) is 9.59 Å². The van der Waals surface area contributed by atoms with Gasteiger partial charge in [0.2, 0.25) is 11.8 Å². The zero-order valence-corrected chi connectivity index (χ0v) is 14.8. The Labute approximate surface area is 143 Å². The molecule has 1 heterocycles. The number of halogens is 1. The summed E-state index contributed by atoms with van der Waals surface area (Å²) in [4.78, 5) is 27.0. The lowest BCUT2D eigenvalue weighted by molar-refractivity contribution is -0.149. The number of piperidine rings is 1. The number of hydrogen-bond donors (Lipinski definition) is 1. The topological polar surface area (TPSA) is 49.4 Å². The molecule has 0 radical (unpaired) electrons. The molecule has 0 spiro atoms. The maximum absolute atomic E-state index is 12.7. The first kappa shape index (κ1) is 17.8. The van der Waals surface area contributed by atoms with Crippen molar-refractivity contribution < 1.29 is 9.59 Å². The second kappa shape index (κ2) is 7.35. The largest absolute Gasteiger partial charge is 0.351 e. The van der Waals surface area contributed by atoms with Gasteiger partial charge in [-0.2, -0.15) is 0 Å². The molecule has 0 aliphatic carbocycles. The summed E-state index contributed by atoms with van der Waals surface area (Å²) in [6.45, 7) is 7.43. The van der Waals surface area contributed by atoms with Crippen molar-refractivity contribution in [2.45, 2.75) is 40.2 Å². The standard InChI is InChI=1S/C18H25ClN2O2/c1-13-5-4-10-21(12-13)17(23)18(2,3)16(22)20-11-14-6-8-15(19)9-7-14/h6-9,13H,4-5,10-12H2,1-3H3,(H,20,22). The van der Waals surface area contributed by atoms with Crippen LogP contribution < -0.4 is 5.32 Å². The number of rotatable bonds is 4. The van der Waals surface area contributed by atoms with Crippen molar-refractivity contribution in [3.05, 3.63) is 34.9 Å². The van der Waals surface area contributed by atoms with Gasteiger partial charge in [0.25, 0.3) is 0 Å². The SMILES string of the molecule is CC1CCCN(C(=O)C(C)(C)C(=O)NCc2ccc(Cl)cc2)C1. The molecule has 23 heavy (non-hydrogen) atoms. The summed E-state index contributed by atoms with van der Waals surface area (Å²) in [5.41, 5.74) is -0.0960. The van der Waals surface area contributed by atoms with Crippen molar-refractivity contribution in [3.8, 4) is 0 Å². The van der Waals surface area contributed by atoms with E-state index in [4.69, 9.17) is 11.6 Å². The minimum absolute atomic E-state index is 0.0855.